The number of nitrogens with zero attached hydrogens (tertiary/aromatic N) is 1. The van der Waals surface area contributed by atoms with Gasteiger partial charge in [-0.25, -0.2) is 0 Å². The Hall–Kier alpha value is -3.03. The van der Waals surface area contributed by atoms with Crippen molar-refractivity contribution in [2.24, 2.45) is 0 Å². The van der Waals surface area contributed by atoms with Crippen molar-refractivity contribution in [2.45, 2.75) is 32.0 Å². The molecule has 1 N–H and O–H groups in total. The molecule has 1 heterocycles. The molecule has 0 spiro atoms. The molecule has 30 heavy (non-hydrogen) atoms. The molecular weight excluding hydrogens is 397 g/mol. The maximum Gasteiger partial charge on any atom is 0.417 e. The predicted octanol–water partition coefficient (Wildman–Crippen LogP) is 4.14. The number of rotatable bonds is 5. The third-order valence-electron chi connectivity index (χ3n) is 5.01. The summed E-state index contributed by atoms with van der Waals surface area (Å²) in [7, 11) is 0. The lowest BCUT2D eigenvalue weighted by atomic mass is 10.0. The lowest BCUT2D eigenvalue weighted by Crippen LogP contribution is -2.46. The number of hydrogen-bond donors (Lipinski definition) is 1. The van der Waals surface area contributed by atoms with Crippen molar-refractivity contribution in [3.63, 3.8) is 0 Å². The molecular formula is C22H23F3N2O3. The van der Waals surface area contributed by atoms with Crippen LogP contribution in [0.2, 0.25) is 0 Å². The van der Waals surface area contributed by atoms with E-state index in [0.717, 1.165) is 6.07 Å². The number of ether oxygens (including phenoxy) is 1. The first-order valence-corrected chi connectivity index (χ1v) is 9.79. The van der Waals surface area contributed by atoms with Crippen LogP contribution < -0.4 is 10.1 Å². The maximum absolute atomic E-state index is 13.2. The van der Waals surface area contributed by atoms with Crippen molar-refractivity contribution < 1.29 is 27.5 Å². The zero-order valence-corrected chi connectivity index (χ0v) is 16.5. The van der Waals surface area contributed by atoms with Crippen molar-refractivity contribution in [2.75, 3.05) is 19.7 Å². The van der Waals surface area contributed by atoms with Gasteiger partial charge in [-0.1, -0.05) is 12.1 Å². The summed E-state index contributed by atoms with van der Waals surface area (Å²) in [6, 6.07) is 11.4. The fourth-order valence-corrected chi connectivity index (χ4v) is 3.45. The quantitative estimate of drug-likeness (QED) is 0.791. The second kappa shape index (κ2) is 9.19. The zero-order chi connectivity index (χ0) is 21.7. The first kappa shape index (κ1) is 21.7. The first-order valence-electron chi connectivity index (χ1n) is 9.79. The molecule has 1 aliphatic heterocycles. The van der Waals surface area contributed by atoms with Gasteiger partial charge in [-0.15, -0.1) is 0 Å². The molecule has 0 saturated carbocycles. The van der Waals surface area contributed by atoms with Crippen molar-refractivity contribution >= 4 is 11.8 Å². The van der Waals surface area contributed by atoms with Gasteiger partial charge in [0.05, 0.1) is 17.7 Å². The Labute approximate surface area is 172 Å². The minimum atomic E-state index is -4.59. The molecule has 0 aliphatic carbocycles. The first-order chi connectivity index (χ1) is 14.3. The summed E-state index contributed by atoms with van der Waals surface area (Å²) >= 11 is 0. The Morgan fingerprint density at radius 3 is 2.30 bits per heavy atom. The van der Waals surface area contributed by atoms with Crippen molar-refractivity contribution in [1.82, 2.24) is 10.2 Å². The Balaban J connectivity index is 1.57. The van der Waals surface area contributed by atoms with Gasteiger partial charge in [-0.2, -0.15) is 13.2 Å². The van der Waals surface area contributed by atoms with Gasteiger partial charge < -0.3 is 15.0 Å². The normalized spacial score (nSPS) is 15.0. The topological polar surface area (TPSA) is 58.6 Å². The van der Waals surface area contributed by atoms with E-state index >= 15 is 0 Å². The van der Waals surface area contributed by atoms with Gasteiger partial charge in [0.25, 0.3) is 11.8 Å². The van der Waals surface area contributed by atoms with E-state index in [1.165, 1.54) is 23.1 Å². The Morgan fingerprint density at radius 2 is 1.70 bits per heavy atom. The Morgan fingerprint density at radius 1 is 1.07 bits per heavy atom. The van der Waals surface area contributed by atoms with Crippen LogP contribution in [0.15, 0.2) is 48.5 Å². The van der Waals surface area contributed by atoms with E-state index in [0.29, 0.717) is 30.8 Å². The maximum atomic E-state index is 13.2. The molecule has 2 aromatic carbocycles. The lowest BCUT2D eigenvalue weighted by Gasteiger charge is -2.33. The van der Waals surface area contributed by atoms with Crippen LogP contribution in [0.25, 0.3) is 0 Å². The Kier molecular flexibility index (Phi) is 6.64. The number of hydrogen-bond acceptors (Lipinski definition) is 3. The van der Waals surface area contributed by atoms with E-state index in [4.69, 9.17) is 4.74 Å². The zero-order valence-electron chi connectivity index (χ0n) is 16.5. The van der Waals surface area contributed by atoms with Gasteiger partial charge in [0.15, 0.2) is 0 Å². The molecule has 0 atom stereocenters. The summed E-state index contributed by atoms with van der Waals surface area (Å²) < 4.78 is 44.9. The molecule has 0 unspecified atom stereocenters. The van der Waals surface area contributed by atoms with Crippen LogP contribution in [0.1, 0.15) is 46.0 Å². The highest BCUT2D eigenvalue weighted by atomic mass is 19.4. The number of likely N-dealkylation sites (tertiary alicyclic amines) is 1. The molecule has 0 aromatic heterocycles. The molecule has 5 nitrogen and oxygen atoms in total. The van der Waals surface area contributed by atoms with E-state index in [1.807, 2.05) is 6.92 Å². The number of amides is 2. The van der Waals surface area contributed by atoms with Crippen LogP contribution in [0.5, 0.6) is 5.75 Å². The van der Waals surface area contributed by atoms with Crippen LogP contribution in [-0.4, -0.2) is 42.5 Å². The van der Waals surface area contributed by atoms with Crippen LogP contribution >= 0.6 is 0 Å². The number of carbonyl (C=O) groups excluding carboxylic acids is 2. The SMILES string of the molecule is CCOc1ccc(C(=O)NC2CCN(C(=O)c3ccccc3C(F)(F)F)CC2)cc1. The third-order valence-corrected chi connectivity index (χ3v) is 5.01. The summed E-state index contributed by atoms with van der Waals surface area (Å²) in [6.45, 7) is 2.97. The summed E-state index contributed by atoms with van der Waals surface area (Å²) in [5.41, 5.74) is -0.779. The molecule has 0 radical (unpaired) electrons. The number of alkyl halides is 3. The van der Waals surface area contributed by atoms with E-state index in [9.17, 15) is 22.8 Å². The monoisotopic (exact) mass is 420 g/mol. The van der Waals surface area contributed by atoms with E-state index in [1.54, 1.807) is 24.3 Å². The van der Waals surface area contributed by atoms with Crippen LogP contribution in [-0.2, 0) is 6.18 Å². The van der Waals surface area contributed by atoms with E-state index in [2.05, 4.69) is 5.32 Å². The van der Waals surface area contributed by atoms with Crippen molar-refractivity contribution in [3.8, 4) is 5.75 Å². The average molecular weight is 420 g/mol. The third kappa shape index (κ3) is 5.11. The fraction of sp³-hybridized carbons (Fsp3) is 0.364. The van der Waals surface area contributed by atoms with Crippen LogP contribution in [0.4, 0.5) is 13.2 Å². The molecule has 3 rings (SSSR count). The van der Waals surface area contributed by atoms with Gasteiger partial charge in [0.1, 0.15) is 5.75 Å². The number of halogens is 3. The van der Waals surface area contributed by atoms with E-state index in [-0.39, 0.29) is 30.6 Å². The standard InChI is InChI=1S/C22H23F3N2O3/c1-2-30-17-9-7-15(8-10-17)20(28)26-16-11-13-27(14-12-16)21(29)18-5-3-4-6-19(18)22(23,24)25/h3-10,16H,2,11-14H2,1H3,(H,26,28). The smallest absolute Gasteiger partial charge is 0.417 e. The second-order valence-electron chi connectivity index (χ2n) is 7.04. The van der Waals surface area contributed by atoms with Crippen LogP contribution in [0, 0.1) is 0 Å². The summed E-state index contributed by atoms with van der Waals surface area (Å²) in [6.07, 6.45) is -3.64. The molecule has 160 valence electrons. The molecule has 8 heteroatoms. The van der Waals surface area contributed by atoms with Crippen molar-refractivity contribution in [3.05, 3.63) is 65.2 Å². The van der Waals surface area contributed by atoms with Gasteiger partial charge in [-0.3, -0.25) is 9.59 Å². The summed E-state index contributed by atoms with van der Waals surface area (Å²) in [4.78, 5) is 26.5. The minimum Gasteiger partial charge on any atom is -0.494 e. The second-order valence-corrected chi connectivity index (χ2v) is 7.04. The van der Waals surface area contributed by atoms with Gasteiger partial charge in [-0.05, 0) is 56.2 Å². The van der Waals surface area contributed by atoms with Gasteiger partial charge in [0, 0.05) is 24.7 Å². The molecule has 2 amide bonds. The molecule has 1 saturated heterocycles. The van der Waals surface area contributed by atoms with Crippen LogP contribution in [0.3, 0.4) is 0 Å². The predicted molar refractivity (Wildman–Crippen MR) is 105 cm³/mol. The highest BCUT2D eigenvalue weighted by Gasteiger charge is 2.36. The highest BCUT2D eigenvalue weighted by Crippen LogP contribution is 2.32. The number of benzene rings is 2. The average Bonchev–Trinajstić information content (AvgIpc) is 2.74. The van der Waals surface area contributed by atoms with Crippen molar-refractivity contribution in [1.29, 1.82) is 0 Å². The molecule has 1 fully saturated rings. The molecule has 1 aliphatic rings. The molecule has 2 aromatic rings. The van der Waals surface area contributed by atoms with Gasteiger partial charge in [0.2, 0.25) is 0 Å². The van der Waals surface area contributed by atoms with E-state index < -0.39 is 17.6 Å². The molecule has 0 bridgehead atoms. The lowest BCUT2D eigenvalue weighted by molar-refractivity contribution is -0.138. The largest absolute Gasteiger partial charge is 0.494 e. The number of piperidine rings is 1. The Bertz CT molecular complexity index is 889. The summed E-state index contributed by atoms with van der Waals surface area (Å²) in [5.74, 6) is -0.190. The number of nitrogens with one attached hydrogen (secondary N) is 1. The van der Waals surface area contributed by atoms with Gasteiger partial charge >= 0.3 is 6.18 Å². The fourth-order valence-electron chi connectivity index (χ4n) is 3.45. The number of carbonyl (C=O) groups is 2. The minimum absolute atomic E-state index is 0.147. The summed E-state index contributed by atoms with van der Waals surface area (Å²) in [5, 5.41) is 2.92. The highest BCUT2D eigenvalue weighted by molar-refractivity contribution is 5.96.